The summed E-state index contributed by atoms with van der Waals surface area (Å²) in [4.78, 5) is 20.7. The summed E-state index contributed by atoms with van der Waals surface area (Å²) in [5.74, 6) is 1.97. The van der Waals surface area contributed by atoms with Gasteiger partial charge in [0.25, 0.3) is 0 Å². The molecule has 1 saturated carbocycles. The number of hydrogen-bond acceptors (Lipinski definition) is 5. The van der Waals surface area contributed by atoms with Crippen LogP contribution in [0.3, 0.4) is 0 Å². The Balaban J connectivity index is 1.14. The Morgan fingerprint density at radius 2 is 1.79 bits per heavy atom. The van der Waals surface area contributed by atoms with Gasteiger partial charge in [0.2, 0.25) is 5.95 Å². The fourth-order valence-electron chi connectivity index (χ4n) is 5.29. The number of anilines is 1. The monoisotopic (exact) mass is 399 g/mol. The molecule has 0 amide bonds. The van der Waals surface area contributed by atoms with Crippen LogP contribution >= 0.6 is 0 Å². The Labute approximate surface area is 175 Å². The van der Waals surface area contributed by atoms with Gasteiger partial charge in [-0.3, -0.25) is 9.89 Å². The van der Waals surface area contributed by atoms with Crippen molar-refractivity contribution < 1.29 is 0 Å². The van der Waals surface area contributed by atoms with Crippen LogP contribution in [-0.4, -0.2) is 85.1 Å². The Kier molecular flexibility index (Phi) is 6.85. The van der Waals surface area contributed by atoms with Crippen LogP contribution in [0.4, 0.5) is 5.95 Å². The number of nitrogens with one attached hydrogen (secondary N) is 1. The molecule has 0 aromatic carbocycles. The first-order valence-corrected chi connectivity index (χ1v) is 11.5. The summed E-state index contributed by atoms with van der Waals surface area (Å²) in [5.41, 5.74) is 0.581. The minimum atomic E-state index is 0.581. The first-order chi connectivity index (χ1) is 14.3. The third-order valence-electron chi connectivity index (χ3n) is 7.01. The Morgan fingerprint density at radius 3 is 2.52 bits per heavy atom. The fraction of sp³-hybridized carbons (Fsp3) is 0.773. The first kappa shape index (κ1) is 20.4. The standard InChI is InChI=1S/C22H37N7/c1-23-20(29-14-9-22(19-29)7-3-2-4-8-22)24-12-6-13-27-15-17-28(18-16-27)21-25-10-5-11-26-21/h5,10-11H,2-4,6-9,12-19H2,1H3,(H,23,24). The molecule has 29 heavy (non-hydrogen) atoms. The minimum Gasteiger partial charge on any atom is -0.356 e. The van der Waals surface area contributed by atoms with E-state index in [0.717, 1.165) is 57.6 Å². The number of aliphatic imine (C=N–C) groups is 1. The van der Waals surface area contributed by atoms with Crippen LogP contribution in [0, 0.1) is 5.41 Å². The molecule has 4 rings (SSSR count). The zero-order chi connectivity index (χ0) is 19.9. The quantitative estimate of drug-likeness (QED) is 0.465. The molecule has 2 aliphatic heterocycles. The lowest BCUT2D eigenvalue weighted by Crippen LogP contribution is -2.48. The highest BCUT2D eigenvalue weighted by Gasteiger charge is 2.39. The molecule has 0 bridgehead atoms. The zero-order valence-electron chi connectivity index (χ0n) is 18.0. The molecule has 0 atom stereocenters. The molecule has 1 aliphatic carbocycles. The number of aromatic nitrogens is 2. The second-order valence-electron chi connectivity index (χ2n) is 8.94. The van der Waals surface area contributed by atoms with Crippen LogP contribution in [0.2, 0.25) is 0 Å². The van der Waals surface area contributed by atoms with Gasteiger partial charge in [0.15, 0.2) is 5.96 Å². The Hall–Kier alpha value is -1.89. The number of guanidine groups is 1. The normalized spacial score (nSPS) is 23.0. The van der Waals surface area contributed by atoms with Gasteiger partial charge in [-0.05, 0) is 43.7 Å². The van der Waals surface area contributed by atoms with Gasteiger partial charge in [-0.2, -0.15) is 0 Å². The van der Waals surface area contributed by atoms with E-state index in [1.54, 1.807) is 0 Å². The smallest absolute Gasteiger partial charge is 0.225 e. The molecule has 1 N–H and O–H groups in total. The number of piperazine rings is 1. The lowest BCUT2D eigenvalue weighted by atomic mass is 9.73. The van der Waals surface area contributed by atoms with E-state index in [4.69, 9.17) is 0 Å². The third kappa shape index (κ3) is 5.18. The molecule has 1 aromatic rings. The van der Waals surface area contributed by atoms with E-state index in [-0.39, 0.29) is 0 Å². The zero-order valence-corrected chi connectivity index (χ0v) is 18.0. The highest BCUT2D eigenvalue weighted by molar-refractivity contribution is 5.80. The largest absolute Gasteiger partial charge is 0.356 e. The SMILES string of the molecule is CN=C(NCCCN1CCN(c2ncccn2)CC1)N1CCC2(CCCCC2)C1. The third-order valence-corrected chi connectivity index (χ3v) is 7.01. The number of rotatable bonds is 5. The van der Waals surface area contributed by atoms with Gasteiger partial charge in [0.1, 0.15) is 0 Å². The van der Waals surface area contributed by atoms with Crippen molar-refractivity contribution in [2.75, 3.05) is 64.3 Å². The summed E-state index contributed by atoms with van der Waals surface area (Å²) in [6, 6.07) is 1.87. The summed E-state index contributed by atoms with van der Waals surface area (Å²) in [5, 5.41) is 3.63. The number of hydrogen-bond donors (Lipinski definition) is 1. The highest BCUT2D eigenvalue weighted by atomic mass is 15.3. The summed E-state index contributed by atoms with van der Waals surface area (Å²) in [7, 11) is 1.93. The van der Waals surface area contributed by atoms with Crippen LogP contribution in [-0.2, 0) is 0 Å². The fourth-order valence-corrected chi connectivity index (χ4v) is 5.29. The Morgan fingerprint density at radius 1 is 1.03 bits per heavy atom. The molecule has 1 aromatic heterocycles. The van der Waals surface area contributed by atoms with Gasteiger partial charge in [-0.25, -0.2) is 9.97 Å². The summed E-state index contributed by atoms with van der Waals surface area (Å²) in [6.45, 7) is 8.70. The van der Waals surface area contributed by atoms with E-state index in [1.807, 2.05) is 25.5 Å². The molecule has 160 valence electrons. The van der Waals surface area contributed by atoms with E-state index in [1.165, 1.54) is 51.6 Å². The molecular weight excluding hydrogens is 362 g/mol. The average Bonchev–Trinajstić information content (AvgIpc) is 3.18. The second-order valence-corrected chi connectivity index (χ2v) is 8.94. The van der Waals surface area contributed by atoms with Crippen molar-refractivity contribution in [2.45, 2.75) is 44.9 Å². The van der Waals surface area contributed by atoms with Crippen molar-refractivity contribution in [2.24, 2.45) is 10.4 Å². The molecule has 2 saturated heterocycles. The van der Waals surface area contributed by atoms with E-state index < -0.39 is 0 Å². The van der Waals surface area contributed by atoms with Crippen molar-refractivity contribution in [1.82, 2.24) is 25.1 Å². The predicted octanol–water partition coefficient (Wildman–Crippen LogP) is 2.22. The van der Waals surface area contributed by atoms with Crippen LogP contribution < -0.4 is 10.2 Å². The number of likely N-dealkylation sites (tertiary alicyclic amines) is 1. The van der Waals surface area contributed by atoms with Crippen LogP contribution in [0.5, 0.6) is 0 Å². The second kappa shape index (κ2) is 9.74. The molecule has 7 heteroatoms. The highest BCUT2D eigenvalue weighted by Crippen LogP contribution is 2.43. The topological polar surface area (TPSA) is 59.9 Å². The van der Waals surface area contributed by atoms with Gasteiger partial charge in [0, 0.05) is 65.3 Å². The molecule has 3 fully saturated rings. The van der Waals surface area contributed by atoms with Crippen LogP contribution in [0.1, 0.15) is 44.9 Å². The van der Waals surface area contributed by atoms with Gasteiger partial charge in [-0.1, -0.05) is 19.3 Å². The minimum absolute atomic E-state index is 0.581. The molecular formula is C22H37N7. The average molecular weight is 400 g/mol. The maximum Gasteiger partial charge on any atom is 0.225 e. The molecule has 0 radical (unpaired) electrons. The molecule has 3 aliphatic rings. The Bertz CT molecular complexity index is 648. The predicted molar refractivity (Wildman–Crippen MR) is 118 cm³/mol. The van der Waals surface area contributed by atoms with Gasteiger partial charge >= 0.3 is 0 Å². The van der Waals surface area contributed by atoms with Gasteiger partial charge < -0.3 is 15.1 Å². The summed E-state index contributed by atoms with van der Waals surface area (Å²) >= 11 is 0. The van der Waals surface area contributed by atoms with Crippen molar-refractivity contribution in [1.29, 1.82) is 0 Å². The number of nitrogens with zero attached hydrogens (tertiary/aromatic N) is 6. The maximum atomic E-state index is 4.57. The van der Waals surface area contributed by atoms with E-state index in [0.29, 0.717) is 5.41 Å². The van der Waals surface area contributed by atoms with E-state index >= 15 is 0 Å². The van der Waals surface area contributed by atoms with Gasteiger partial charge in [0.05, 0.1) is 0 Å². The lowest BCUT2D eigenvalue weighted by Gasteiger charge is -2.35. The molecule has 0 unspecified atom stereocenters. The lowest BCUT2D eigenvalue weighted by molar-refractivity contribution is 0.203. The van der Waals surface area contributed by atoms with Crippen molar-refractivity contribution >= 4 is 11.9 Å². The maximum absolute atomic E-state index is 4.57. The summed E-state index contributed by atoms with van der Waals surface area (Å²) < 4.78 is 0. The van der Waals surface area contributed by atoms with Crippen LogP contribution in [0.25, 0.3) is 0 Å². The molecule has 7 nitrogen and oxygen atoms in total. The van der Waals surface area contributed by atoms with E-state index in [9.17, 15) is 0 Å². The van der Waals surface area contributed by atoms with E-state index in [2.05, 4.69) is 35.0 Å². The van der Waals surface area contributed by atoms with Crippen molar-refractivity contribution in [3.05, 3.63) is 18.5 Å². The van der Waals surface area contributed by atoms with Crippen molar-refractivity contribution in [3.63, 3.8) is 0 Å². The first-order valence-electron chi connectivity index (χ1n) is 11.5. The van der Waals surface area contributed by atoms with Crippen molar-refractivity contribution in [3.8, 4) is 0 Å². The summed E-state index contributed by atoms with van der Waals surface area (Å²) in [6.07, 6.45) is 13.3. The molecule has 3 heterocycles. The van der Waals surface area contributed by atoms with Gasteiger partial charge in [-0.15, -0.1) is 0 Å². The molecule has 1 spiro atoms. The van der Waals surface area contributed by atoms with Crippen LogP contribution in [0.15, 0.2) is 23.5 Å².